The van der Waals surface area contributed by atoms with Crippen LogP contribution in [0.2, 0.25) is 0 Å². The highest BCUT2D eigenvalue weighted by molar-refractivity contribution is 5.83. The molecule has 1 fully saturated rings. The van der Waals surface area contributed by atoms with Crippen molar-refractivity contribution in [3.05, 3.63) is 59.7 Å². The highest BCUT2D eigenvalue weighted by atomic mass is 16.6. The molecule has 0 bridgehead atoms. The lowest BCUT2D eigenvalue weighted by atomic mass is 9.98. The summed E-state index contributed by atoms with van der Waals surface area (Å²) in [6, 6.07) is 11.6. The lowest BCUT2D eigenvalue weighted by molar-refractivity contribution is -0.135. The van der Waals surface area contributed by atoms with Crippen LogP contribution in [0.3, 0.4) is 0 Å². The molecule has 1 unspecified atom stereocenters. The molecule has 0 aliphatic carbocycles. The average molecular weight is 417 g/mol. The zero-order valence-electron chi connectivity index (χ0n) is 20.5. The number of amides is 1. The van der Waals surface area contributed by atoms with E-state index in [1.807, 2.05) is 30.3 Å². The van der Waals surface area contributed by atoms with Gasteiger partial charge in [0.05, 0.1) is 18.1 Å². The van der Waals surface area contributed by atoms with Crippen LogP contribution in [0.1, 0.15) is 41.6 Å². The number of rotatable bonds is 7. The first kappa shape index (κ1) is 16.1. The first-order valence-corrected chi connectivity index (χ1v) is 10.0. The lowest BCUT2D eigenvalue weighted by Gasteiger charge is -2.31. The minimum Gasteiger partial charge on any atom is -0.486 e. The second-order valence-corrected chi connectivity index (χ2v) is 7.38. The van der Waals surface area contributed by atoms with Gasteiger partial charge in [-0.2, -0.15) is 0 Å². The summed E-state index contributed by atoms with van der Waals surface area (Å²) >= 11 is 0. The molecule has 0 spiro atoms. The van der Waals surface area contributed by atoms with Crippen LogP contribution < -0.4 is 14.8 Å². The van der Waals surface area contributed by atoms with E-state index in [4.69, 9.17) is 15.0 Å². The van der Waals surface area contributed by atoms with Crippen molar-refractivity contribution >= 4 is 5.91 Å². The van der Waals surface area contributed by atoms with Gasteiger partial charge in [-0.15, -0.1) is 0 Å². The Morgan fingerprint density at radius 2 is 1.77 bits per heavy atom. The van der Waals surface area contributed by atoms with E-state index in [0.29, 0.717) is 13.1 Å². The smallest absolute Gasteiger partial charge is 0.242 e. The molecule has 160 valence electrons. The summed E-state index contributed by atoms with van der Waals surface area (Å²) < 4.78 is 41.3. The largest absolute Gasteiger partial charge is 0.486 e. The van der Waals surface area contributed by atoms with Gasteiger partial charge in [0.15, 0.2) is 11.5 Å². The van der Waals surface area contributed by atoms with Crippen molar-refractivity contribution in [3.8, 4) is 11.5 Å². The molecule has 2 heterocycles. The maximum absolute atomic E-state index is 13.4. The van der Waals surface area contributed by atoms with E-state index < -0.39 is 31.3 Å². The predicted molar refractivity (Wildman–Crippen MR) is 111 cm³/mol. The number of aliphatic hydroxyl groups is 2. The second-order valence-electron chi connectivity index (χ2n) is 7.38. The van der Waals surface area contributed by atoms with Gasteiger partial charge in [-0.3, -0.25) is 10.1 Å². The van der Waals surface area contributed by atoms with Crippen LogP contribution >= 0.6 is 0 Å². The number of likely N-dealkylation sites (tertiary alicyclic amines) is 1. The molecule has 1 amide bonds. The van der Waals surface area contributed by atoms with Gasteiger partial charge in [-0.05, 0) is 36.1 Å². The molecule has 7 heteroatoms. The molecule has 0 saturated carbocycles. The van der Waals surface area contributed by atoms with Crippen LogP contribution in [0.15, 0.2) is 48.5 Å². The Hall–Kier alpha value is -2.61. The normalized spacial score (nSPS) is 24.0. The second kappa shape index (κ2) is 9.47. The standard InChI is InChI=1S/C23H28N2O5/c26-15-18(16-6-2-1-3-7-16)24-21(23(28)25-10-4-5-11-25)22(27)17-8-9-19-20(14-17)30-13-12-29-19/h1-3,6-9,14,18,21-22,24,26-27H,4-5,10-13,15H2/t18?,21-,22+/m0/s1/i12D2,13D2. The lowest BCUT2D eigenvalue weighted by Crippen LogP contribution is -2.50. The molecule has 3 N–H and O–H groups in total. The van der Waals surface area contributed by atoms with Crippen molar-refractivity contribution in [2.45, 2.75) is 31.0 Å². The number of carbonyl (C=O) groups is 1. The third kappa shape index (κ3) is 4.43. The van der Waals surface area contributed by atoms with Crippen LogP contribution in [0.4, 0.5) is 0 Å². The Balaban J connectivity index is 1.64. The van der Waals surface area contributed by atoms with E-state index in [-0.39, 0.29) is 29.6 Å². The van der Waals surface area contributed by atoms with E-state index in [1.54, 1.807) is 4.90 Å². The molecule has 4 rings (SSSR count). The van der Waals surface area contributed by atoms with Crippen molar-refractivity contribution in [1.29, 1.82) is 0 Å². The molecular weight excluding hydrogens is 384 g/mol. The third-order valence-corrected chi connectivity index (χ3v) is 5.44. The summed E-state index contributed by atoms with van der Waals surface area (Å²) in [4.78, 5) is 15.0. The summed E-state index contributed by atoms with van der Waals surface area (Å²) in [5.74, 6) is -0.393. The number of ether oxygens (including phenoxy) is 2. The Morgan fingerprint density at radius 3 is 2.47 bits per heavy atom. The fraction of sp³-hybridized carbons (Fsp3) is 0.435. The van der Waals surface area contributed by atoms with Gasteiger partial charge >= 0.3 is 0 Å². The first-order valence-electron chi connectivity index (χ1n) is 12.0. The van der Waals surface area contributed by atoms with Gasteiger partial charge in [-0.25, -0.2) is 0 Å². The number of aliphatic hydroxyl groups excluding tert-OH is 2. The molecule has 1 saturated heterocycles. The van der Waals surface area contributed by atoms with Gasteiger partial charge in [0.1, 0.15) is 25.3 Å². The molecule has 0 radical (unpaired) electrons. The van der Waals surface area contributed by atoms with Gasteiger partial charge in [-0.1, -0.05) is 36.4 Å². The van der Waals surface area contributed by atoms with E-state index >= 15 is 0 Å². The van der Waals surface area contributed by atoms with Crippen LogP contribution in [0.5, 0.6) is 11.5 Å². The van der Waals surface area contributed by atoms with E-state index in [2.05, 4.69) is 5.32 Å². The van der Waals surface area contributed by atoms with E-state index in [9.17, 15) is 15.0 Å². The number of hydrogen-bond donors (Lipinski definition) is 3. The van der Waals surface area contributed by atoms with Crippen LogP contribution in [-0.4, -0.2) is 59.9 Å². The summed E-state index contributed by atoms with van der Waals surface area (Å²) in [5.41, 5.74) is 1.02. The molecule has 2 aliphatic rings. The van der Waals surface area contributed by atoms with Crippen LogP contribution in [0, 0.1) is 0 Å². The van der Waals surface area contributed by atoms with Crippen molar-refractivity contribution in [1.82, 2.24) is 10.2 Å². The SMILES string of the molecule is [2H]C1([2H])Oc2ccc([C@@H](O)[C@H](NC(CO)c3ccccc3)C(=O)N3CCCC3)cc2OC1([2H])[2H]. The quantitative estimate of drug-likeness (QED) is 0.638. The zero-order chi connectivity index (χ0) is 24.5. The van der Waals surface area contributed by atoms with Gasteiger partial charge in [0.25, 0.3) is 0 Å². The highest BCUT2D eigenvalue weighted by Gasteiger charge is 2.35. The summed E-state index contributed by atoms with van der Waals surface area (Å²) in [5, 5.41) is 24.4. The molecule has 30 heavy (non-hydrogen) atoms. The summed E-state index contributed by atoms with van der Waals surface area (Å²) in [6.07, 6.45) is 0.388. The third-order valence-electron chi connectivity index (χ3n) is 5.44. The van der Waals surface area contributed by atoms with Gasteiger partial charge < -0.3 is 24.6 Å². The van der Waals surface area contributed by atoms with Crippen molar-refractivity contribution in [3.63, 3.8) is 0 Å². The first-order chi connectivity index (χ1) is 16.1. The number of benzene rings is 2. The van der Waals surface area contributed by atoms with Crippen molar-refractivity contribution in [2.75, 3.05) is 32.8 Å². The van der Waals surface area contributed by atoms with Gasteiger partial charge in [0, 0.05) is 13.1 Å². The maximum Gasteiger partial charge on any atom is 0.242 e. The molecule has 7 nitrogen and oxygen atoms in total. The minimum absolute atomic E-state index is 0.0102. The number of nitrogens with one attached hydrogen (secondary N) is 1. The molecule has 0 aromatic heterocycles. The highest BCUT2D eigenvalue weighted by Crippen LogP contribution is 2.34. The van der Waals surface area contributed by atoms with E-state index in [1.165, 1.54) is 18.2 Å². The predicted octanol–water partition coefficient (Wildman–Crippen LogP) is 1.81. The molecule has 3 atom stereocenters. The van der Waals surface area contributed by atoms with Gasteiger partial charge in [0.2, 0.25) is 5.91 Å². The van der Waals surface area contributed by atoms with Crippen LogP contribution in [-0.2, 0) is 4.79 Å². The fourth-order valence-corrected chi connectivity index (χ4v) is 3.80. The van der Waals surface area contributed by atoms with Crippen LogP contribution in [0.25, 0.3) is 0 Å². The summed E-state index contributed by atoms with van der Waals surface area (Å²) in [7, 11) is 0. The average Bonchev–Trinajstić information content (AvgIpc) is 3.35. The fourth-order valence-electron chi connectivity index (χ4n) is 3.80. The summed E-state index contributed by atoms with van der Waals surface area (Å²) in [6.45, 7) is -4.58. The monoisotopic (exact) mass is 416 g/mol. The number of nitrogens with zero attached hydrogens (tertiary/aromatic N) is 1. The molecule has 2 aromatic rings. The molecular formula is C23H28N2O5. The minimum atomic E-state index is -2.75. The maximum atomic E-state index is 13.4. The Labute approximate surface area is 181 Å². The van der Waals surface area contributed by atoms with Crippen molar-refractivity contribution in [2.24, 2.45) is 0 Å². The number of hydrogen-bond acceptors (Lipinski definition) is 6. The molecule has 2 aromatic carbocycles. The number of carbonyl (C=O) groups excluding carboxylic acids is 1. The Kier molecular flexibility index (Phi) is 5.09. The van der Waals surface area contributed by atoms with E-state index in [0.717, 1.165) is 18.4 Å². The topological polar surface area (TPSA) is 91.3 Å². The molecule has 2 aliphatic heterocycles. The zero-order valence-corrected chi connectivity index (χ0v) is 16.5. The van der Waals surface area contributed by atoms with Crippen molar-refractivity contribution < 1.29 is 30.0 Å². The Bertz CT molecular complexity index is 1020. The Morgan fingerprint density at radius 1 is 1.07 bits per heavy atom. The number of fused-ring (bicyclic) bond motifs is 1.